The van der Waals surface area contributed by atoms with Crippen molar-refractivity contribution in [1.82, 2.24) is 0 Å². The van der Waals surface area contributed by atoms with Gasteiger partial charge < -0.3 is 9.90 Å². The summed E-state index contributed by atoms with van der Waals surface area (Å²) in [6.45, 7) is 0. The molecule has 0 aliphatic rings. The van der Waals surface area contributed by atoms with Crippen molar-refractivity contribution < 1.29 is 9.90 Å². The number of amides is 1. The van der Waals surface area contributed by atoms with Gasteiger partial charge in [0.2, 0.25) is 0 Å². The van der Waals surface area contributed by atoms with Gasteiger partial charge in [0.1, 0.15) is 6.09 Å². The van der Waals surface area contributed by atoms with Crippen LogP contribution in [0.1, 0.15) is 0 Å². The van der Waals surface area contributed by atoms with Crippen LogP contribution in [0.5, 0.6) is 0 Å². The first-order valence-corrected chi connectivity index (χ1v) is 7.32. The number of carboxylic acid groups (broad SMARTS) is 1. The fraction of sp³-hybridized carbons (Fsp3) is 0. The maximum Gasteiger partial charge on any atom is 0.146 e. The number of hydrogen-bond acceptors (Lipinski definition) is 2. The fourth-order valence-electron chi connectivity index (χ4n) is 1.69. The molecule has 0 atom stereocenters. The molecule has 2 aromatic rings. The standard InChI is InChI=1S/C13H6Cl5NO2/c14-7-8(15)10(17)12(11(18)9(7)16)19(13(20)21)6-4-2-1-3-5-6/h1-5H,(H,20,21)/p-1. The summed E-state index contributed by atoms with van der Waals surface area (Å²) in [6.07, 6.45) is -1.54. The van der Waals surface area contributed by atoms with Gasteiger partial charge in [0.25, 0.3) is 0 Å². The highest BCUT2D eigenvalue weighted by atomic mass is 35.5. The van der Waals surface area contributed by atoms with Gasteiger partial charge in [-0.25, -0.2) is 0 Å². The van der Waals surface area contributed by atoms with E-state index in [2.05, 4.69) is 0 Å². The van der Waals surface area contributed by atoms with E-state index in [-0.39, 0.29) is 36.5 Å². The normalized spacial score (nSPS) is 10.5. The Hall–Kier alpha value is -0.840. The van der Waals surface area contributed by atoms with Crippen molar-refractivity contribution in [3.8, 4) is 0 Å². The van der Waals surface area contributed by atoms with Gasteiger partial charge in [-0.3, -0.25) is 4.90 Å². The lowest BCUT2D eigenvalue weighted by molar-refractivity contribution is -0.245. The summed E-state index contributed by atoms with van der Waals surface area (Å²) in [5.41, 5.74) is 0.166. The number of hydrogen-bond donors (Lipinski definition) is 0. The predicted molar refractivity (Wildman–Crippen MR) is 85.5 cm³/mol. The first kappa shape index (κ1) is 16.5. The topological polar surface area (TPSA) is 43.4 Å². The highest BCUT2D eigenvalue weighted by Crippen LogP contribution is 2.49. The Morgan fingerprint density at radius 3 is 1.67 bits per heavy atom. The number of para-hydroxylation sites is 1. The maximum absolute atomic E-state index is 11.5. The summed E-state index contributed by atoms with van der Waals surface area (Å²) in [7, 11) is 0. The number of nitrogens with zero attached hydrogens (tertiary/aromatic N) is 1. The summed E-state index contributed by atoms with van der Waals surface area (Å²) < 4.78 is 0. The molecule has 0 fully saturated rings. The minimum atomic E-state index is -1.54. The summed E-state index contributed by atoms with van der Waals surface area (Å²) >= 11 is 29.9. The van der Waals surface area contributed by atoms with Gasteiger partial charge in [-0.1, -0.05) is 76.2 Å². The number of halogens is 5. The molecule has 0 unspecified atom stereocenters. The molecule has 0 saturated carbocycles. The van der Waals surface area contributed by atoms with Crippen LogP contribution in [0, 0.1) is 0 Å². The van der Waals surface area contributed by atoms with Crippen LogP contribution >= 0.6 is 58.0 Å². The molecule has 0 aliphatic carbocycles. The zero-order chi connectivity index (χ0) is 15.7. The van der Waals surface area contributed by atoms with Gasteiger partial charge >= 0.3 is 0 Å². The monoisotopic (exact) mass is 382 g/mol. The molecular weight excluding hydrogens is 379 g/mol. The van der Waals surface area contributed by atoms with Crippen molar-refractivity contribution in [1.29, 1.82) is 0 Å². The largest absolute Gasteiger partial charge is 0.529 e. The Bertz CT molecular complexity index is 676. The summed E-state index contributed by atoms with van der Waals surface area (Å²) in [5, 5.41) is 11.0. The lowest BCUT2D eigenvalue weighted by Gasteiger charge is -2.28. The van der Waals surface area contributed by atoms with Crippen molar-refractivity contribution in [2.24, 2.45) is 0 Å². The van der Waals surface area contributed by atoms with Gasteiger partial charge in [-0.05, 0) is 12.1 Å². The van der Waals surface area contributed by atoms with Crippen LogP contribution in [0.2, 0.25) is 25.1 Å². The van der Waals surface area contributed by atoms with Crippen molar-refractivity contribution in [3.05, 3.63) is 55.4 Å². The van der Waals surface area contributed by atoms with Crippen molar-refractivity contribution >= 4 is 75.5 Å². The molecule has 2 aromatic carbocycles. The lowest BCUT2D eigenvalue weighted by atomic mass is 10.2. The number of benzene rings is 2. The summed E-state index contributed by atoms with van der Waals surface area (Å²) in [4.78, 5) is 12.3. The van der Waals surface area contributed by atoms with E-state index in [1.165, 1.54) is 0 Å². The van der Waals surface area contributed by atoms with E-state index in [0.717, 1.165) is 4.90 Å². The Balaban J connectivity index is 2.77. The van der Waals surface area contributed by atoms with Crippen LogP contribution in [-0.2, 0) is 0 Å². The molecule has 0 radical (unpaired) electrons. The molecule has 21 heavy (non-hydrogen) atoms. The van der Waals surface area contributed by atoms with Crippen LogP contribution in [-0.4, -0.2) is 6.09 Å². The minimum Gasteiger partial charge on any atom is -0.529 e. The Labute approximate surface area is 145 Å². The molecule has 110 valence electrons. The van der Waals surface area contributed by atoms with E-state index in [4.69, 9.17) is 58.0 Å². The molecule has 1 amide bonds. The van der Waals surface area contributed by atoms with E-state index < -0.39 is 6.09 Å². The van der Waals surface area contributed by atoms with Gasteiger partial charge in [0.05, 0.1) is 30.8 Å². The van der Waals surface area contributed by atoms with Gasteiger partial charge in [0.15, 0.2) is 0 Å². The summed E-state index contributed by atoms with van der Waals surface area (Å²) in [6, 6.07) is 8.10. The molecule has 0 saturated heterocycles. The van der Waals surface area contributed by atoms with Crippen molar-refractivity contribution in [2.75, 3.05) is 4.90 Å². The van der Waals surface area contributed by atoms with E-state index in [9.17, 15) is 9.90 Å². The third-order valence-corrected chi connectivity index (χ3v) is 4.86. The number of anilines is 2. The second-order valence-electron chi connectivity index (χ2n) is 3.86. The smallest absolute Gasteiger partial charge is 0.146 e. The molecular formula is C13H5Cl5NO2-. The molecule has 0 aliphatic heterocycles. The SMILES string of the molecule is O=C([O-])N(c1ccccc1)c1c(Cl)c(Cl)c(Cl)c(Cl)c1Cl. The Morgan fingerprint density at radius 1 is 0.810 bits per heavy atom. The van der Waals surface area contributed by atoms with Gasteiger partial charge in [0, 0.05) is 5.69 Å². The number of carbonyl (C=O) groups excluding carboxylic acids is 1. The van der Waals surface area contributed by atoms with Gasteiger partial charge in [-0.15, -0.1) is 0 Å². The summed E-state index contributed by atoms with van der Waals surface area (Å²) in [5.74, 6) is 0. The van der Waals surface area contributed by atoms with Crippen LogP contribution in [0.4, 0.5) is 16.2 Å². The number of rotatable bonds is 2. The highest BCUT2D eigenvalue weighted by Gasteiger charge is 2.25. The zero-order valence-electron chi connectivity index (χ0n) is 10.0. The van der Waals surface area contributed by atoms with E-state index in [0.29, 0.717) is 0 Å². The average Bonchev–Trinajstić information content (AvgIpc) is 2.48. The average molecular weight is 384 g/mol. The van der Waals surface area contributed by atoms with Gasteiger partial charge in [-0.2, -0.15) is 0 Å². The molecule has 0 aromatic heterocycles. The maximum atomic E-state index is 11.5. The zero-order valence-corrected chi connectivity index (χ0v) is 13.8. The number of carbonyl (C=O) groups is 1. The fourth-order valence-corrected chi connectivity index (χ4v) is 2.99. The first-order valence-electron chi connectivity index (χ1n) is 5.43. The van der Waals surface area contributed by atoms with Crippen LogP contribution in [0.15, 0.2) is 30.3 Å². The molecule has 8 heteroatoms. The van der Waals surface area contributed by atoms with Crippen molar-refractivity contribution in [2.45, 2.75) is 0 Å². The molecule has 0 N–H and O–H groups in total. The second-order valence-corrected chi connectivity index (χ2v) is 5.75. The van der Waals surface area contributed by atoms with Crippen LogP contribution in [0.3, 0.4) is 0 Å². The molecule has 2 rings (SSSR count). The van der Waals surface area contributed by atoms with E-state index >= 15 is 0 Å². The molecule has 0 bridgehead atoms. The van der Waals surface area contributed by atoms with E-state index in [1.54, 1.807) is 30.3 Å². The molecule has 0 spiro atoms. The lowest BCUT2D eigenvalue weighted by Crippen LogP contribution is -2.38. The van der Waals surface area contributed by atoms with Crippen LogP contribution in [0.25, 0.3) is 0 Å². The first-order chi connectivity index (χ1) is 9.86. The van der Waals surface area contributed by atoms with Crippen molar-refractivity contribution in [3.63, 3.8) is 0 Å². The molecule has 3 nitrogen and oxygen atoms in total. The van der Waals surface area contributed by atoms with E-state index in [1.807, 2.05) is 0 Å². The second kappa shape index (κ2) is 6.51. The minimum absolute atomic E-state index is 0.0524. The Morgan fingerprint density at radius 2 is 1.24 bits per heavy atom. The Kier molecular flexibility index (Phi) is 5.12. The quantitative estimate of drug-likeness (QED) is 0.511. The van der Waals surface area contributed by atoms with Crippen LogP contribution < -0.4 is 10.0 Å². The highest BCUT2D eigenvalue weighted by molar-refractivity contribution is 6.56. The third-order valence-electron chi connectivity index (χ3n) is 2.61. The predicted octanol–water partition coefficient (Wildman–Crippen LogP) is 5.44. The molecule has 0 heterocycles. The third kappa shape index (κ3) is 3.03.